The molecule has 5 heteroatoms. The molecule has 4 nitrogen and oxygen atoms in total. The fraction of sp³-hybridized carbons (Fsp3) is 0.714. The van der Waals surface area contributed by atoms with Gasteiger partial charge >= 0.3 is 5.97 Å². The van der Waals surface area contributed by atoms with Gasteiger partial charge in [-0.3, -0.25) is 0 Å². The van der Waals surface area contributed by atoms with Gasteiger partial charge in [-0.2, -0.15) is 0 Å². The highest BCUT2D eigenvalue weighted by atomic mass is 32.1. The molecule has 1 unspecified atom stereocenters. The largest absolute Gasteiger partial charge is 0.477 e. The molecule has 0 bridgehead atoms. The molecule has 19 heavy (non-hydrogen) atoms. The van der Waals surface area contributed by atoms with Crippen molar-refractivity contribution in [3.8, 4) is 0 Å². The molecule has 1 fully saturated rings. The highest BCUT2D eigenvalue weighted by Crippen LogP contribution is 2.31. The molecule has 1 N–H and O–H groups in total. The van der Waals surface area contributed by atoms with Crippen LogP contribution in [0.1, 0.15) is 48.5 Å². The molecule has 0 radical (unpaired) electrons. The van der Waals surface area contributed by atoms with E-state index in [-0.39, 0.29) is 0 Å². The Labute approximate surface area is 118 Å². The number of thiazole rings is 1. The third-order valence-corrected chi connectivity index (χ3v) is 5.17. The Morgan fingerprint density at radius 1 is 1.42 bits per heavy atom. The lowest BCUT2D eigenvalue weighted by atomic mass is 9.89. The van der Waals surface area contributed by atoms with Crippen LogP contribution >= 0.6 is 11.3 Å². The predicted octanol–water partition coefficient (Wildman–Crippen LogP) is 3.41. The number of aromatic nitrogens is 1. The number of hydrogen-bond acceptors (Lipinski definition) is 4. The molecule has 0 saturated carbocycles. The number of carbonyl (C=O) groups is 1. The summed E-state index contributed by atoms with van der Waals surface area (Å²) in [5.41, 5.74) is 0.636. The van der Waals surface area contributed by atoms with E-state index in [0.29, 0.717) is 10.6 Å². The van der Waals surface area contributed by atoms with E-state index < -0.39 is 5.97 Å². The average molecular weight is 282 g/mol. The molecule has 1 saturated heterocycles. The summed E-state index contributed by atoms with van der Waals surface area (Å²) in [6, 6.07) is 0. The van der Waals surface area contributed by atoms with Gasteiger partial charge in [0.05, 0.1) is 5.69 Å². The molecule has 1 aromatic rings. The SMILES string of the molecule is Cc1nc(N2CCCC(C(C)C)CC2)sc1C(=O)O. The molecular formula is C14H22N2O2S. The summed E-state index contributed by atoms with van der Waals surface area (Å²) >= 11 is 1.31. The molecule has 2 rings (SSSR count). The van der Waals surface area contributed by atoms with Crippen molar-refractivity contribution < 1.29 is 9.90 Å². The molecule has 106 valence electrons. The van der Waals surface area contributed by atoms with E-state index in [9.17, 15) is 4.79 Å². The number of aryl methyl sites for hydroxylation is 1. The number of rotatable bonds is 3. The molecular weight excluding hydrogens is 260 g/mol. The van der Waals surface area contributed by atoms with E-state index in [2.05, 4.69) is 23.7 Å². The van der Waals surface area contributed by atoms with Crippen LogP contribution in [0.4, 0.5) is 5.13 Å². The van der Waals surface area contributed by atoms with Crippen molar-refractivity contribution in [1.82, 2.24) is 4.98 Å². The summed E-state index contributed by atoms with van der Waals surface area (Å²) in [6.07, 6.45) is 3.62. The van der Waals surface area contributed by atoms with Gasteiger partial charge < -0.3 is 10.0 Å². The number of carboxylic acids is 1. The second-order valence-corrected chi connectivity index (χ2v) is 6.62. The quantitative estimate of drug-likeness (QED) is 0.923. The van der Waals surface area contributed by atoms with Crippen LogP contribution in [0.3, 0.4) is 0 Å². The molecule has 0 aliphatic carbocycles. The molecule has 1 atom stereocenters. The van der Waals surface area contributed by atoms with Gasteiger partial charge in [0.1, 0.15) is 4.88 Å². The third kappa shape index (κ3) is 3.26. The van der Waals surface area contributed by atoms with Gasteiger partial charge in [0.2, 0.25) is 0 Å². The smallest absolute Gasteiger partial charge is 0.347 e. The summed E-state index contributed by atoms with van der Waals surface area (Å²) in [5.74, 6) is 0.647. The van der Waals surface area contributed by atoms with E-state index in [1.807, 2.05) is 0 Å². The van der Waals surface area contributed by atoms with Gasteiger partial charge in [0.25, 0.3) is 0 Å². The maximum atomic E-state index is 11.1. The molecule has 0 spiro atoms. The summed E-state index contributed by atoms with van der Waals surface area (Å²) < 4.78 is 0. The second kappa shape index (κ2) is 5.90. The zero-order chi connectivity index (χ0) is 14.0. The highest BCUT2D eigenvalue weighted by Gasteiger charge is 2.23. The van der Waals surface area contributed by atoms with Gasteiger partial charge in [0.15, 0.2) is 5.13 Å². The monoisotopic (exact) mass is 282 g/mol. The zero-order valence-electron chi connectivity index (χ0n) is 11.8. The molecule has 0 aromatic carbocycles. The lowest BCUT2D eigenvalue weighted by molar-refractivity contribution is 0.0701. The van der Waals surface area contributed by atoms with Gasteiger partial charge in [0, 0.05) is 13.1 Å². The second-order valence-electron chi connectivity index (χ2n) is 5.64. The van der Waals surface area contributed by atoms with Crippen LogP contribution < -0.4 is 4.90 Å². The Bertz CT molecular complexity index is 456. The third-order valence-electron chi connectivity index (χ3n) is 3.97. The molecule has 1 aliphatic heterocycles. The Morgan fingerprint density at radius 2 is 2.16 bits per heavy atom. The molecule has 2 heterocycles. The van der Waals surface area contributed by atoms with Crippen LogP contribution in [-0.4, -0.2) is 29.1 Å². The normalized spacial score (nSPS) is 20.6. The van der Waals surface area contributed by atoms with Crippen molar-refractivity contribution in [3.63, 3.8) is 0 Å². The first-order valence-electron chi connectivity index (χ1n) is 6.94. The van der Waals surface area contributed by atoms with E-state index in [1.165, 1.54) is 30.6 Å². The topological polar surface area (TPSA) is 53.4 Å². The van der Waals surface area contributed by atoms with Crippen LogP contribution in [0.5, 0.6) is 0 Å². The average Bonchev–Trinajstić information content (AvgIpc) is 2.59. The number of carboxylic acid groups (broad SMARTS) is 1. The van der Waals surface area contributed by atoms with Crippen LogP contribution in [0, 0.1) is 18.8 Å². The first-order valence-corrected chi connectivity index (χ1v) is 7.76. The fourth-order valence-electron chi connectivity index (χ4n) is 2.70. The Hall–Kier alpha value is -1.10. The standard InChI is InChI=1S/C14H22N2O2S/c1-9(2)11-5-4-7-16(8-6-11)14-15-10(3)12(19-14)13(17)18/h9,11H,4-8H2,1-3H3,(H,17,18). The Balaban J connectivity index is 2.10. The van der Waals surface area contributed by atoms with Crippen molar-refractivity contribution in [3.05, 3.63) is 10.6 Å². The minimum atomic E-state index is -0.865. The van der Waals surface area contributed by atoms with Crippen molar-refractivity contribution in [1.29, 1.82) is 0 Å². The minimum absolute atomic E-state index is 0.375. The summed E-state index contributed by atoms with van der Waals surface area (Å²) in [6.45, 7) is 8.34. The van der Waals surface area contributed by atoms with Crippen molar-refractivity contribution in [2.45, 2.75) is 40.0 Å². The number of anilines is 1. The number of nitrogens with zero attached hydrogens (tertiary/aromatic N) is 2. The lowest BCUT2D eigenvalue weighted by Crippen LogP contribution is -2.24. The van der Waals surface area contributed by atoms with Crippen LogP contribution in [0.2, 0.25) is 0 Å². The molecule has 1 aromatic heterocycles. The number of aromatic carboxylic acids is 1. The lowest BCUT2D eigenvalue weighted by Gasteiger charge is -2.20. The van der Waals surface area contributed by atoms with Crippen molar-refractivity contribution in [2.24, 2.45) is 11.8 Å². The Morgan fingerprint density at radius 3 is 2.74 bits per heavy atom. The van der Waals surface area contributed by atoms with Gasteiger partial charge in [-0.15, -0.1) is 0 Å². The molecule has 0 amide bonds. The predicted molar refractivity (Wildman–Crippen MR) is 78.2 cm³/mol. The molecule has 1 aliphatic rings. The highest BCUT2D eigenvalue weighted by molar-refractivity contribution is 7.17. The van der Waals surface area contributed by atoms with Crippen LogP contribution in [0.25, 0.3) is 0 Å². The summed E-state index contributed by atoms with van der Waals surface area (Å²) in [5, 5.41) is 9.97. The number of hydrogen-bond donors (Lipinski definition) is 1. The summed E-state index contributed by atoms with van der Waals surface area (Å²) in [7, 11) is 0. The van der Waals surface area contributed by atoms with Gasteiger partial charge in [-0.1, -0.05) is 25.2 Å². The van der Waals surface area contributed by atoms with Crippen molar-refractivity contribution in [2.75, 3.05) is 18.0 Å². The van der Waals surface area contributed by atoms with Gasteiger partial charge in [-0.05, 0) is 38.0 Å². The maximum Gasteiger partial charge on any atom is 0.347 e. The van der Waals surface area contributed by atoms with E-state index in [0.717, 1.165) is 30.1 Å². The zero-order valence-corrected chi connectivity index (χ0v) is 12.7. The first kappa shape index (κ1) is 14.3. The minimum Gasteiger partial charge on any atom is -0.477 e. The van der Waals surface area contributed by atoms with E-state index in [4.69, 9.17) is 5.11 Å². The first-order chi connectivity index (χ1) is 8.99. The Kier molecular flexibility index (Phi) is 4.45. The summed E-state index contributed by atoms with van der Waals surface area (Å²) in [4.78, 5) is 18.1. The van der Waals surface area contributed by atoms with E-state index in [1.54, 1.807) is 6.92 Å². The fourth-order valence-corrected chi connectivity index (χ4v) is 3.65. The van der Waals surface area contributed by atoms with E-state index >= 15 is 0 Å². The maximum absolute atomic E-state index is 11.1. The van der Waals surface area contributed by atoms with Crippen LogP contribution in [-0.2, 0) is 0 Å². The van der Waals surface area contributed by atoms with Crippen LogP contribution in [0.15, 0.2) is 0 Å². The van der Waals surface area contributed by atoms with Crippen molar-refractivity contribution >= 4 is 22.4 Å². The van der Waals surface area contributed by atoms with Gasteiger partial charge in [-0.25, -0.2) is 9.78 Å².